The molecule has 0 radical (unpaired) electrons. The largest absolute Gasteiger partial charge is 0.383 e. The molecule has 0 spiro atoms. The molecular weight excluding hydrogens is 244 g/mol. The molecule has 100 valence electrons. The summed E-state index contributed by atoms with van der Waals surface area (Å²) >= 11 is 0. The van der Waals surface area contributed by atoms with Gasteiger partial charge in [-0.3, -0.25) is 0 Å². The number of anilines is 1. The first-order chi connectivity index (χ1) is 9.74. The third-order valence-corrected chi connectivity index (χ3v) is 3.77. The third kappa shape index (κ3) is 2.50. The molecule has 2 aromatic carbocycles. The normalized spacial score (nSPS) is 12.4. The van der Waals surface area contributed by atoms with E-state index in [4.69, 9.17) is 5.73 Å². The highest BCUT2D eigenvalue weighted by Gasteiger charge is 2.07. The summed E-state index contributed by atoms with van der Waals surface area (Å²) < 4.78 is 0. The monoisotopic (exact) mass is 262 g/mol. The van der Waals surface area contributed by atoms with Crippen LogP contribution < -0.4 is 5.73 Å². The zero-order chi connectivity index (χ0) is 13.9. The average Bonchev–Trinajstić information content (AvgIpc) is 2.49. The number of benzene rings is 2. The number of hydrogen-bond acceptors (Lipinski definition) is 2. The molecule has 0 bridgehead atoms. The number of fused-ring (bicyclic) bond motifs is 1. The van der Waals surface area contributed by atoms with Gasteiger partial charge in [-0.1, -0.05) is 49.4 Å². The Hall–Kier alpha value is -2.35. The van der Waals surface area contributed by atoms with Gasteiger partial charge in [-0.2, -0.15) is 0 Å². The first-order valence-electron chi connectivity index (χ1n) is 6.92. The molecule has 0 aliphatic carbocycles. The minimum atomic E-state index is 0.492. The van der Waals surface area contributed by atoms with Crippen LogP contribution in [0.1, 0.15) is 24.0 Å². The Bertz CT molecular complexity index is 720. The van der Waals surface area contributed by atoms with Crippen molar-refractivity contribution in [2.75, 3.05) is 5.73 Å². The standard InChI is InChI=1S/C18H18N2/c1-13(15-5-3-2-4-6-15)11-14-7-8-16-9-10-20-18(19)17(16)12-14/h2-10,12-13H,11H2,1H3,(H2,19,20). The first-order valence-corrected chi connectivity index (χ1v) is 6.92. The highest BCUT2D eigenvalue weighted by Crippen LogP contribution is 2.24. The molecule has 3 rings (SSSR count). The molecule has 2 N–H and O–H groups in total. The SMILES string of the molecule is CC(Cc1ccc2ccnc(N)c2c1)c1ccccc1. The molecule has 1 heterocycles. The molecule has 3 aromatic rings. The summed E-state index contributed by atoms with van der Waals surface area (Å²) in [5, 5.41) is 2.19. The Kier molecular flexibility index (Phi) is 3.38. The van der Waals surface area contributed by atoms with E-state index in [1.165, 1.54) is 11.1 Å². The number of pyridine rings is 1. The number of aromatic nitrogens is 1. The molecule has 0 amide bonds. The lowest BCUT2D eigenvalue weighted by Crippen LogP contribution is -1.99. The maximum Gasteiger partial charge on any atom is 0.131 e. The van der Waals surface area contributed by atoms with Crippen LogP contribution in [0.4, 0.5) is 5.82 Å². The number of rotatable bonds is 3. The maximum atomic E-state index is 5.96. The van der Waals surface area contributed by atoms with Crippen LogP contribution in [0.2, 0.25) is 0 Å². The van der Waals surface area contributed by atoms with Gasteiger partial charge in [-0.25, -0.2) is 4.98 Å². The molecule has 0 saturated heterocycles. The van der Waals surface area contributed by atoms with E-state index in [9.17, 15) is 0 Å². The lowest BCUT2D eigenvalue weighted by Gasteiger charge is -2.12. The Labute approximate surface area is 119 Å². The number of nitrogens with zero attached hydrogens (tertiary/aromatic N) is 1. The van der Waals surface area contributed by atoms with Gasteiger partial charge in [0.05, 0.1) is 0 Å². The van der Waals surface area contributed by atoms with Crippen LogP contribution in [-0.4, -0.2) is 4.98 Å². The van der Waals surface area contributed by atoms with Crippen molar-refractivity contribution in [1.82, 2.24) is 4.98 Å². The van der Waals surface area contributed by atoms with E-state index in [2.05, 4.69) is 60.4 Å². The van der Waals surface area contributed by atoms with Gasteiger partial charge in [0, 0.05) is 11.6 Å². The van der Waals surface area contributed by atoms with Crippen LogP contribution in [-0.2, 0) is 6.42 Å². The predicted octanol–water partition coefficient (Wildman–Crippen LogP) is 4.16. The van der Waals surface area contributed by atoms with Crippen molar-refractivity contribution in [1.29, 1.82) is 0 Å². The highest BCUT2D eigenvalue weighted by atomic mass is 14.8. The van der Waals surface area contributed by atoms with E-state index in [1.807, 2.05) is 6.07 Å². The van der Waals surface area contributed by atoms with E-state index in [1.54, 1.807) is 6.20 Å². The second-order valence-corrected chi connectivity index (χ2v) is 5.27. The van der Waals surface area contributed by atoms with Crippen LogP contribution in [0.5, 0.6) is 0 Å². The van der Waals surface area contributed by atoms with Crippen molar-refractivity contribution in [3.8, 4) is 0 Å². The molecular formula is C18H18N2. The number of nitrogen functional groups attached to an aromatic ring is 1. The van der Waals surface area contributed by atoms with Crippen molar-refractivity contribution < 1.29 is 0 Å². The highest BCUT2D eigenvalue weighted by molar-refractivity contribution is 5.91. The molecule has 0 fully saturated rings. The lowest BCUT2D eigenvalue weighted by atomic mass is 9.93. The Balaban J connectivity index is 1.90. The van der Waals surface area contributed by atoms with Gasteiger partial charge in [0.15, 0.2) is 0 Å². The molecule has 2 nitrogen and oxygen atoms in total. The van der Waals surface area contributed by atoms with E-state index in [-0.39, 0.29) is 0 Å². The molecule has 1 aromatic heterocycles. The van der Waals surface area contributed by atoms with Crippen LogP contribution in [0, 0.1) is 0 Å². The molecule has 0 aliphatic heterocycles. The molecule has 0 saturated carbocycles. The average molecular weight is 262 g/mol. The van der Waals surface area contributed by atoms with Gasteiger partial charge < -0.3 is 5.73 Å². The fourth-order valence-corrected chi connectivity index (χ4v) is 2.62. The first kappa shape index (κ1) is 12.7. The quantitative estimate of drug-likeness (QED) is 0.769. The van der Waals surface area contributed by atoms with Gasteiger partial charge in [-0.05, 0) is 41.0 Å². The summed E-state index contributed by atoms with van der Waals surface area (Å²) in [7, 11) is 0. The molecule has 2 heteroatoms. The van der Waals surface area contributed by atoms with E-state index in [0.29, 0.717) is 11.7 Å². The van der Waals surface area contributed by atoms with Crippen molar-refractivity contribution in [3.05, 3.63) is 71.9 Å². The Morgan fingerprint density at radius 3 is 2.65 bits per heavy atom. The van der Waals surface area contributed by atoms with Gasteiger partial charge in [-0.15, -0.1) is 0 Å². The van der Waals surface area contributed by atoms with Crippen LogP contribution in [0.3, 0.4) is 0 Å². The summed E-state index contributed by atoms with van der Waals surface area (Å²) in [6.45, 7) is 2.26. The number of nitrogens with two attached hydrogens (primary N) is 1. The van der Waals surface area contributed by atoms with Crippen molar-refractivity contribution in [2.45, 2.75) is 19.3 Å². The summed E-state index contributed by atoms with van der Waals surface area (Å²) in [5.41, 5.74) is 8.62. The summed E-state index contributed by atoms with van der Waals surface area (Å²) in [4.78, 5) is 4.16. The van der Waals surface area contributed by atoms with Gasteiger partial charge >= 0.3 is 0 Å². The summed E-state index contributed by atoms with van der Waals surface area (Å²) in [5.74, 6) is 1.10. The molecule has 1 unspecified atom stereocenters. The Morgan fingerprint density at radius 1 is 1.05 bits per heavy atom. The predicted molar refractivity (Wildman–Crippen MR) is 84.7 cm³/mol. The lowest BCUT2D eigenvalue weighted by molar-refractivity contribution is 0.760. The van der Waals surface area contributed by atoms with Crippen molar-refractivity contribution >= 4 is 16.6 Å². The smallest absolute Gasteiger partial charge is 0.131 e. The molecule has 20 heavy (non-hydrogen) atoms. The summed E-state index contributed by atoms with van der Waals surface area (Å²) in [6, 6.07) is 19.1. The van der Waals surface area contributed by atoms with Gasteiger partial charge in [0.1, 0.15) is 5.82 Å². The van der Waals surface area contributed by atoms with Crippen molar-refractivity contribution in [2.24, 2.45) is 0 Å². The fraction of sp³-hybridized carbons (Fsp3) is 0.167. The van der Waals surface area contributed by atoms with Crippen LogP contribution in [0.15, 0.2) is 60.8 Å². The molecule has 0 aliphatic rings. The second-order valence-electron chi connectivity index (χ2n) is 5.27. The van der Waals surface area contributed by atoms with Gasteiger partial charge in [0.2, 0.25) is 0 Å². The van der Waals surface area contributed by atoms with E-state index < -0.39 is 0 Å². The molecule has 1 atom stereocenters. The second kappa shape index (κ2) is 5.33. The van der Waals surface area contributed by atoms with Crippen LogP contribution in [0.25, 0.3) is 10.8 Å². The minimum Gasteiger partial charge on any atom is -0.383 e. The minimum absolute atomic E-state index is 0.492. The zero-order valence-electron chi connectivity index (χ0n) is 11.6. The Morgan fingerprint density at radius 2 is 1.85 bits per heavy atom. The summed E-state index contributed by atoms with van der Waals surface area (Å²) in [6.07, 6.45) is 2.76. The van der Waals surface area contributed by atoms with E-state index in [0.717, 1.165) is 17.2 Å². The maximum absolute atomic E-state index is 5.96. The third-order valence-electron chi connectivity index (χ3n) is 3.77. The zero-order valence-corrected chi connectivity index (χ0v) is 11.6. The number of hydrogen-bond donors (Lipinski definition) is 1. The van der Waals surface area contributed by atoms with Crippen molar-refractivity contribution in [3.63, 3.8) is 0 Å². The topological polar surface area (TPSA) is 38.9 Å². The fourth-order valence-electron chi connectivity index (χ4n) is 2.62. The van der Waals surface area contributed by atoms with E-state index >= 15 is 0 Å². The van der Waals surface area contributed by atoms with Crippen LogP contribution >= 0.6 is 0 Å². The van der Waals surface area contributed by atoms with Gasteiger partial charge in [0.25, 0.3) is 0 Å².